The van der Waals surface area contributed by atoms with Gasteiger partial charge in [0.15, 0.2) is 5.78 Å². The fourth-order valence-corrected chi connectivity index (χ4v) is 2.53. The van der Waals surface area contributed by atoms with E-state index in [9.17, 15) is 9.59 Å². The minimum Gasteiger partial charge on any atom is -0.490 e. The van der Waals surface area contributed by atoms with E-state index in [2.05, 4.69) is 5.32 Å². The van der Waals surface area contributed by atoms with Gasteiger partial charge in [0.2, 0.25) is 5.91 Å². The minimum atomic E-state index is -0.631. The standard InChI is InChI=1S/C18H17NO3/c1-12(13-7-3-2-4-8-13)18(21)19-15-11-22-16-10-6-5-9-14(16)17(15)20/h2-10,12,15H,11H2,1H3,(H,19,21). The Hall–Kier alpha value is -2.62. The van der Waals surface area contributed by atoms with E-state index in [0.29, 0.717) is 11.3 Å². The van der Waals surface area contributed by atoms with Gasteiger partial charge in [0.1, 0.15) is 18.4 Å². The molecule has 2 aromatic rings. The van der Waals surface area contributed by atoms with Crippen LogP contribution in [0.3, 0.4) is 0 Å². The van der Waals surface area contributed by atoms with E-state index in [1.165, 1.54) is 0 Å². The lowest BCUT2D eigenvalue weighted by molar-refractivity contribution is -0.122. The number of hydrogen-bond acceptors (Lipinski definition) is 3. The van der Waals surface area contributed by atoms with Crippen molar-refractivity contribution in [1.29, 1.82) is 0 Å². The monoisotopic (exact) mass is 295 g/mol. The number of fused-ring (bicyclic) bond motifs is 1. The van der Waals surface area contributed by atoms with Crippen molar-refractivity contribution in [3.05, 3.63) is 65.7 Å². The third kappa shape index (κ3) is 2.72. The summed E-state index contributed by atoms with van der Waals surface area (Å²) in [5, 5.41) is 2.79. The molecule has 3 rings (SSSR count). The molecule has 0 fully saturated rings. The lowest BCUT2D eigenvalue weighted by atomic mass is 9.97. The summed E-state index contributed by atoms with van der Waals surface area (Å²) in [5.74, 6) is -0.0109. The molecule has 112 valence electrons. The molecule has 0 saturated carbocycles. The first-order valence-electron chi connectivity index (χ1n) is 7.28. The summed E-state index contributed by atoms with van der Waals surface area (Å²) in [6, 6.07) is 16.0. The van der Waals surface area contributed by atoms with Gasteiger partial charge in [-0.1, -0.05) is 42.5 Å². The van der Waals surface area contributed by atoms with Crippen molar-refractivity contribution in [2.75, 3.05) is 6.61 Å². The number of nitrogens with one attached hydrogen (secondary N) is 1. The molecule has 0 aromatic heterocycles. The largest absolute Gasteiger partial charge is 0.490 e. The highest BCUT2D eigenvalue weighted by Crippen LogP contribution is 2.24. The Morgan fingerprint density at radius 2 is 1.82 bits per heavy atom. The topological polar surface area (TPSA) is 55.4 Å². The SMILES string of the molecule is CC(C(=O)NC1COc2ccccc2C1=O)c1ccccc1. The van der Waals surface area contributed by atoms with Crippen LogP contribution in [0, 0.1) is 0 Å². The van der Waals surface area contributed by atoms with E-state index in [4.69, 9.17) is 4.74 Å². The Morgan fingerprint density at radius 3 is 2.59 bits per heavy atom. The smallest absolute Gasteiger partial charge is 0.227 e. The van der Waals surface area contributed by atoms with Gasteiger partial charge in [-0.25, -0.2) is 0 Å². The summed E-state index contributed by atoms with van der Waals surface area (Å²) >= 11 is 0. The predicted molar refractivity (Wildman–Crippen MR) is 83.1 cm³/mol. The number of rotatable bonds is 3. The van der Waals surface area contributed by atoms with Crippen LogP contribution in [0.2, 0.25) is 0 Å². The Kier molecular flexibility index (Phi) is 3.92. The van der Waals surface area contributed by atoms with E-state index in [0.717, 1.165) is 5.56 Å². The van der Waals surface area contributed by atoms with Gasteiger partial charge in [-0.3, -0.25) is 9.59 Å². The Bertz CT molecular complexity index is 696. The second-order valence-electron chi connectivity index (χ2n) is 5.36. The van der Waals surface area contributed by atoms with Gasteiger partial charge < -0.3 is 10.1 Å². The Balaban J connectivity index is 1.72. The van der Waals surface area contributed by atoms with E-state index in [1.54, 1.807) is 18.2 Å². The summed E-state index contributed by atoms with van der Waals surface area (Å²) in [6.07, 6.45) is 0. The van der Waals surface area contributed by atoms with Crippen LogP contribution in [0.25, 0.3) is 0 Å². The molecule has 2 atom stereocenters. The molecule has 22 heavy (non-hydrogen) atoms. The van der Waals surface area contributed by atoms with Crippen LogP contribution in [0.1, 0.15) is 28.8 Å². The van der Waals surface area contributed by atoms with Crippen molar-refractivity contribution in [2.24, 2.45) is 0 Å². The molecule has 4 heteroatoms. The fraction of sp³-hybridized carbons (Fsp3) is 0.222. The molecule has 2 unspecified atom stereocenters. The molecule has 0 aliphatic carbocycles. The second kappa shape index (κ2) is 6.02. The number of carbonyl (C=O) groups is 2. The number of ether oxygens (including phenoxy) is 1. The lowest BCUT2D eigenvalue weighted by Gasteiger charge is -2.26. The average molecular weight is 295 g/mol. The van der Waals surface area contributed by atoms with Crippen molar-refractivity contribution in [1.82, 2.24) is 5.32 Å². The average Bonchev–Trinajstić information content (AvgIpc) is 2.57. The number of carbonyl (C=O) groups excluding carboxylic acids is 2. The third-order valence-electron chi connectivity index (χ3n) is 3.88. The molecule has 0 bridgehead atoms. The van der Waals surface area contributed by atoms with Crippen LogP contribution in [0.15, 0.2) is 54.6 Å². The van der Waals surface area contributed by atoms with Gasteiger partial charge in [-0.15, -0.1) is 0 Å². The van der Waals surface area contributed by atoms with Crippen LogP contribution in [-0.2, 0) is 4.79 Å². The van der Waals surface area contributed by atoms with Crippen molar-refractivity contribution >= 4 is 11.7 Å². The third-order valence-corrected chi connectivity index (χ3v) is 3.88. The summed E-state index contributed by atoms with van der Waals surface area (Å²) in [7, 11) is 0. The van der Waals surface area contributed by atoms with Gasteiger partial charge in [-0.05, 0) is 24.6 Å². The van der Waals surface area contributed by atoms with E-state index in [1.807, 2.05) is 43.3 Å². The first-order chi connectivity index (χ1) is 10.7. The van der Waals surface area contributed by atoms with Crippen LogP contribution in [-0.4, -0.2) is 24.3 Å². The predicted octanol–water partition coefficient (Wildman–Crippen LogP) is 2.55. The highest BCUT2D eigenvalue weighted by Gasteiger charge is 2.30. The van der Waals surface area contributed by atoms with Gasteiger partial charge >= 0.3 is 0 Å². The molecule has 1 heterocycles. The fourth-order valence-electron chi connectivity index (χ4n) is 2.53. The van der Waals surface area contributed by atoms with Crippen LogP contribution in [0.5, 0.6) is 5.75 Å². The molecule has 0 spiro atoms. The number of amides is 1. The summed E-state index contributed by atoms with van der Waals surface area (Å²) < 4.78 is 5.56. The quantitative estimate of drug-likeness (QED) is 0.946. The molecule has 1 aliphatic rings. The van der Waals surface area contributed by atoms with Gasteiger partial charge in [0, 0.05) is 0 Å². The van der Waals surface area contributed by atoms with Crippen LogP contribution >= 0.6 is 0 Å². The maximum atomic E-state index is 12.4. The molecule has 1 amide bonds. The number of benzene rings is 2. The number of ketones is 1. The Morgan fingerprint density at radius 1 is 1.14 bits per heavy atom. The first-order valence-corrected chi connectivity index (χ1v) is 7.28. The summed E-state index contributed by atoms with van der Waals surface area (Å²) in [6.45, 7) is 2.00. The lowest BCUT2D eigenvalue weighted by Crippen LogP contribution is -2.48. The van der Waals surface area contributed by atoms with Gasteiger partial charge in [-0.2, -0.15) is 0 Å². The second-order valence-corrected chi connectivity index (χ2v) is 5.36. The number of hydrogen-bond donors (Lipinski definition) is 1. The molecule has 1 aliphatic heterocycles. The van der Waals surface area contributed by atoms with Gasteiger partial charge in [0.05, 0.1) is 11.5 Å². The van der Waals surface area contributed by atoms with Crippen molar-refractivity contribution < 1.29 is 14.3 Å². The van der Waals surface area contributed by atoms with Gasteiger partial charge in [0.25, 0.3) is 0 Å². The number of para-hydroxylation sites is 1. The van der Waals surface area contributed by atoms with E-state index < -0.39 is 6.04 Å². The van der Waals surface area contributed by atoms with Crippen LogP contribution in [0.4, 0.5) is 0 Å². The molecule has 2 aromatic carbocycles. The first kappa shape index (κ1) is 14.3. The summed E-state index contributed by atoms with van der Waals surface area (Å²) in [5.41, 5.74) is 1.44. The normalized spacial score (nSPS) is 18.0. The summed E-state index contributed by atoms with van der Waals surface area (Å²) in [4.78, 5) is 24.8. The maximum absolute atomic E-state index is 12.4. The van der Waals surface area contributed by atoms with E-state index in [-0.39, 0.29) is 24.2 Å². The zero-order valence-electron chi connectivity index (χ0n) is 12.3. The zero-order chi connectivity index (χ0) is 15.5. The maximum Gasteiger partial charge on any atom is 0.227 e. The highest BCUT2D eigenvalue weighted by atomic mass is 16.5. The number of Topliss-reactive ketones (excluding diaryl/α,β-unsaturated/α-hetero) is 1. The minimum absolute atomic E-state index is 0.101. The van der Waals surface area contributed by atoms with E-state index >= 15 is 0 Å². The van der Waals surface area contributed by atoms with Crippen LogP contribution < -0.4 is 10.1 Å². The zero-order valence-corrected chi connectivity index (χ0v) is 12.3. The molecular formula is C18H17NO3. The molecule has 0 saturated heterocycles. The molecule has 0 radical (unpaired) electrons. The highest BCUT2D eigenvalue weighted by molar-refractivity contribution is 6.05. The van der Waals surface area contributed by atoms with Crippen molar-refractivity contribution in [3.63, 3.8) is 0 Å². The van der Waals surface area contributed by atoms with Crippen molar-refractivity contribution in [3.8, 4) is 5.75 Å². The molecule has 4 nitrogen and oxygen atoms in total. The Labute approximate surface area is 129 Å². The molecule has 1 N–H and O–H groups in total. The molecular weight excluding hydrogens is 278 g/mol. The van der Waals surface area contributed by atoms with Crippen molar-refractivity contribution in [2.45, 2.75) is 18.9 Å².